The van der Waals surface area contributed by atoms with Crippen molar-refractivity contribution in [3.8, 4) is 0 Å². The number of aryl methyl sites for hydroxylation is 1. The highest BCUT2D eigenvalue weighted by atomic mass is 35.5. The lowest BCUT2D eigenvalue weighted by Crippen LogP contribution is -2.31. The number of nitrogens with one attached hydrogen (secondary N) is 1. The molecule has 3 nitrogen and oxygen atoms in total. The molecule has 1 fully saturated rings. The standard InChI is InChI=1S/C13H19ClN2O/c1-9-12(6-7-13(14)15-9)16-10-4-3-5-11(8-10)17-2/h6-7,10-11,16H,3-5,8H2,1-2H3. The van der Waals surface area contributed by atoms with Crippen molar-refractivity contribution in [1.82, 2.24) is 4.98 Å². The number of aromatic nitrogens is 1. The molecule has 1 aliphatic rings. The van der Waals surface area contributed by atoms with E-state index in [0.717, 1.165) is 17.8 Å². The summed E-state index contributed by atoms with van der Waals surface area (Å²) >= 11 is 5.85. The van der Waals surface area contributed by atoms with Gasteiger partial charge in [-0.25, -0.2) is 4.98 Å². The van der Waals surface area contributed by atoms with Crippen molar-refractivity contribution in [3.63, 3.8) is 0 Å². The highest BCUT2D eigenvalue weighted by Gasteiger charge is 2.21. The molecule has 1 aromatic rings. The Kier molecular flexibility index (Phi) is 4.24. The number of pyridine rings is 1. The zero-order chi connectivity index (χ0) is 12.3. The van der Waals surface area contributed by atoms with Crippen molar-refractivity contribution < 1.29 is 4.74 Å². The van der Waals surface area contributed by atoms with Crippen LogP contribution in [0.25, 0.3) is 0 Å². The molecule has 1 heterocycles. The predicted octanol–water partition coefficient (Wildman–Crippen LogP) is 3.41. The Labute approximate surface area is 108 Å². The molecule has 0 saturated heterocycles. The van der Waals surface area contributed by atoms with E-state index in [2.05, 4.69) is 10.3 Å². The van der Waals surface area contributed by atoms with Crippen molar-refractivity contribution in [1.29, 1.82) is 0 Å². The van der Waals surface area contributed by atoms with Gasteiger partial charge in [0.1, 0.15) is 5.15 Å². The van der Waals surface area contributed by atoms with Crippen LogP contribution in [0.15, 0.2) is 12.1 Å². The molecule has 17 heavy (non-hydrogen) atoms. The molecular formula is C13H19ClN2O. The molecule has 94 valence electrons. The molecule has 1 saturated carbocycles. The molecule has 4 heteroatoms. The largest absolute Gasteiger partial charge is 0.381 e. The molecule has 0 aliphatic heterocycles. The number of rotatable bonds is 3. The molecule has 0 amide bonds. The summed E-state index contributed by atoms with van der Waals surface area (Å²) in [5, 5.41) is 4.09. The quantitative estimate of drug-likeness (QED) is 0.840. The van der Waals surface area contributed by atoms with E-state index in [1.807, 2.05) is 19.1 Å². The topological polar surface area (TPSA) is 34.1 Å². The van der Waals surface area contributed by atoms with Gasteiger partial charge in [0.25, 0.3) is 0 Å². The van der Waals surface area contributed by atoms with Gasteiger partial charge in [0.2, 0.25) is 0 Å². The molecule has 0 spiro atoms. The van der Waals surface area contributed by atoms with Gasteiger partial charge in [0.05, 0.1) is 17.5 Å². The summed E-state index contributed by atoms with van der Waals surface area (Å²) in [6, 6.07) is 4.31. The minimum absolute atomic E-state index is 0.391. The van der Waals surface area contributed by atoms with E-state index in [1.165, 1.54) is 19.3 Å². The van der Waals surface area contributed by atoms with Crippen LogP contribution in [-0.2, 0) is 4.74 Å². The van der Waals surface area contributed by atoms with Gasteiger partial charge in [0, 0.05) is 13.2 Å². The highest BCUT2D eigenvalue weighted by Crippen LogP contribution is 2.25. The Morgan fingerprint density at radius 1 is 1.41 bits per heavy atom. The van der Waals surface area contributed by atoms with Gasteiger partial charge >= 0.3 is 0 Å². The SMILES string of the molecule is COC1CCCC(Nc2ccc(Cl)nc2C)C1. The fourth-order valence-electron chi connectivity index (χ4n) is 2.39. The molecule has 2 rings (SSSR count). The van der Waals surface area contributed by atoms with Crippen LogP contribution in [0.3, 0.4) is 0 Å². The predicted molar refractivity (Wildman–Crippen MR) is 70.7 cm³/mol. The zero-order valence-corrected chi connectivity index (χ0v) is 11.1. The van der Waals surface area contributed by atoms with Crippen LogP contribution in [0.2, 0.25) is 5.15 Å². The number of halogens is 1. The van der Waals surface area contributed by atoms with Crippen LogP contribution in [-0.4, -0.2) is 24.2 Å². The number of nitrogens with zero attached hydrogens (tertiary/aromatic N) is 1. The molecule has 0 aromatic carbocycles. The summed E-state index contributed by atoms with van der Waals surface area (Å²) in [6.07, 6.45) is 5.05. The lowest BCUT2D eigenvalue weighted by atomic mass is 9.92. The van der Waals surface area contributed by atoms with E-state index in [4.69, 9.17) is 16.3 Å². The second kappa shape index (κ2) is 5.69. The van der Waals surface area contributed by atoms with E-state index >= 15 is 0 Å². The summed E-state index contributed by atoms with van der Waals surface area (Å²) < 4.78 is 5.43. The van der Waals surface area contributed by atoms with Crippen molar-refractivity contribution in [2.75, 3.05) is 12.4 Å². The number of hydrogen-bond acceptors (Lipinski definition) is 3. The van der Waals surface area contributed by atoms with Crippen LogP contribution in [0, 0.1) is 6.92 Å². The average Bonchev–Trinajstić information content (AvgIpc) is 2.33. The fraction of sp³-hybridized carbons (Fsp3) is 0.615. The molecule has 2 atom stereocenters. The van der Waals surface area contributed by atoms with E-state index < -0.39 is 0 Å². The number of hydrogen-bond donors (Lipinski definition) is 1. The third-order valence-corrected chi connectivity index (χ3v) is 3.58. The minimum atomic E-state index is 0.391. The van der Waals surface area contributed by atoms with Crippen molar-refractivity contribution in [3.05, 3.63) is 23.0 Å². The second-order valence-electron chi connectivity index (χ2n) is 4.63. The van der Waals surface area contributed by atoms with Crippen LogP contribution >= 0.6 is 11.6 Å². The van der Waals surface area contributed by atoms with E-state index in [1.54, 1.807) is 7.11 Å². The van der Waals surface area contributed by atoms with Gasteiger partial charge in [0.15, 0.2) is 0 Å². The third-order valence-electron chi connectivity index (χ3n) is 3.37. The van der Waals surface area contributed by atoms with Gasteiger partial charge in [-0.15, -0.1) is 0 Å². The molecular weight excluding hydrogens is 236 g/mol. The Morgan fingerprint density at radius 3 is 2.94 bits per heavy atom. The van der Waals surface area contributed by atoms with Crippen molar-refractivity contribution in [2.24, 2.45) is 0 Å². The number of methoxy groups -OCH3 is 1. The van der Waals surface area contributed by atoms with Gasteiger partial charge in [-0.2, -0.15) is 0 Å². The molecule has 1 aromatic heterocycles. The second-order valence-corrected chi connectivity index (χ2v) is 5.02. The number of anilines is 1. The van der Waals surface area contributed by atoms with Crippen LogP contribution in [0.4, 0.5) is 5.69 Å². The third kappa shape index (κ3) is 3.33. The molecule has 1 N–H and O–H groups in total. The van der Waals surface area contributed by atoms with Gasteiger partial charge < -0.3 is 10.1 Å². The maximum atomic E-state index is 5.85. The first kappa shape index (κ1) is 12.7. The first-order chi connectivity index (χ1) is 8.19. The van der Waals surface area contributed by atoms with Gasteiger partial charge in [-0.1, -0.05) is 11.6 Å². The normalized spacial score (nSPS) is 24.6. The smallest absolute Gasteiger partial charge is 0.129 e. The first-order valence-electron chi connectivity index (χ1n) is 6.11. The lowest BCUT2D eigenvalue weighted by Gasteiger charge is -2.29. The lowest BCUT2D eigenvalue weighted by molar-refractivity contribution is 0.0669. The Balaban J connectivity index is 2.00. The summed E-state index contributed by atoms with van der Waals surface area (Å²) in [4.78, 5) is 4.25. The maximum Gasteiger partial charge on any atom is 0.129 e. The van der Waals surface area contributed by atoms with Crippen LogP contribution in [0.1, 0.15) is 31.4 Å². The van der Waals surface area contributed by atoms with Crippen molar-refractivity contribution in [2.45, 2.75) is 44.8 Å². The summed E-state index contributed by atoms with van der Waals surface area (Å²) in [6.45, 7) is 1.98. The monoisotopic (exact) mass is 254 g/mol. The Bertz CT molecular complexity index is 384. The van der Waals surface area contributed by atoms with Gasteiger partial charge in [-0.3, -0.25) is 0 Å². The highest BCUT2D eigenvalue weighted by molar-refractivity contribution is 6.29. The zero-order valence-electron chi connectivity index (χ0n) is 10.4. The van der Waals surface area contributed by atoms with E-state index in [9.17, 15) is 0 Å². The van der Waals surface area contributed by atoms with E-state index in [0.29, 0.717) is 17.3 Å². The Morgan fingerprint density at radius 2 is 2.24 bits per heavy atom. The van der Waals surface area contributed by atoms with Gasteiger partial charge in [-0.05, 0) is 44.7 Å². The molecule has 0 radical (unpaired) electrons. The maximum absolute atomic E-state index is 5.85. The van der Waals surface area contributed by atoms with E-state index in [-0.39, 0.29) is 0 Å². The minimum Gasteiger partial charge on any atom is -0.381 e. The molecule has 2 unspecified atom stereocenters. The summed E-state index contributed by atoms with van der Waals surface area (Å²) in [7, 11) is 1.79. The summed E-state index contributed by atoms with van der Waals surface area (Å²) in [5.41, 5.74) is 2.04. The van der Waals surface area contributed by atoms with Crippen LogP contribution in [0.5, 0.6) is 0 Å². The van der Waals surface area contributed by atoms with Crippen LogP contribution < -0.4 is 5.32 Å². The molecule has 1 aliphatic carbocycles. The first-order valence-corrected chi connectivity index (χ1v) is 6.49. The summed E-state index contributed by atoms with van der Waals surface area (Å²) in [5.74, 6) is 0. The molecule has 0 bridgehead atoms. The Hall–Kier alpha value is -0.800. The number of ether oxygens (including phenoxy) is 1. The fourth-order valence-corrected chi connectivity index (χ4v) is 2.58. The average molecular weight is 255 g/mol. The van der Waals surface area contributed by atoms with Crippen molar-refractivity contribution >= 4 is 17.3 Å².